The Morgan fingerprint density at radius 1 is 1.15 bits per heavy atom. The van der Waals surface area contributed by atoms with E-state index in [1.165, 1.54) is 23.5 Å². The van der Waals surface area contributed by atoms with Gasteiger partial charge in [0.2, 0.25) is 0 Å². The Morgan fingerprint density at radius 2 is 1.97 bits per heavy atom. The van der Waals surface area contributed by atoms with Crippen LogP contribution in [-0.2, 0) is 7.05 Å². The highest BCUT2D eigenvalue weighted by atomic mass is 32.1. The maximum atomic E-state index is 14.1. The lowest BCUT2D eigenvalue weighted by atomic mass is 9.98. The number of imidazole rings is 1. The van der Waals surface area contributed by atoms with Gasteiger partial charge in [-0.2, -0.15) is 4.98 Å². The Morgan fingerprint density at radius 3 is 2.74 bits per heavy atom. The van der Waals surface area contributed by atoms with Gasteiger partial charge in [-0.3, -0.25) is 9.36 Å². The number of rotatable bonds is 6. The minimum absolute atomic E-state index is 0.0787. The molecule has 0 spiro atoms. The number of aromatic nitrogens is 3. The minimum atomic E-state index is -0.618. The summed E-state index contributed by atoms with van der Waals surface area (Å²) in [6.45, 7) is 0.260. The van der Waals surface area contributed by atoms with Gasteiger partial charge in [0.05, 0.1) is 22.0 Å². The summed E-state index contributed by atoms with van der Waals surface area (Å²) < 4.78 is 21.3. The zero-order chi connectivity index (χ0) is 27.3. The summed E-state index contributed by atoms with van der Waals surface area (Å²) in [6, 6.07) is 13.9. The number of carbonyl (C=O) groups is 2. The third-order valence-corrected chi connectivity index (χ3v) is 8.92. The Bertz CT molecular complexity index is 1570. The van der Waals surface area contributed by atoms with Crippen LogP contribution in [0.5, 0.6) is 6.01 Å². The van der Waals surface area contributed by atoms with Crippen LogP contribution in [0, 0.1) is 11.7 Å². The normalized spacial score (nSPS) is 20.0. The first-order chi connectivity index (χ1) is 18.8. The number of aryl methyl sites for hydroxylation is 1. The van der Waals surface area contributed by atoms with Gasteiger partial charge < -0.3 is 19.9 Å². The van der Waals surface area contributed by atoms with E-state index in [2.05, 4.69) is 15.3 Å². The second-order valence-electron chi connectivity index (χ2n) is 10.3. The molecule has 11 heteroatoms. The first-order valence-corrected chi connectivity index (χ1v) is 13.8. The molecule has 3 heterocycles. The molecule has 0 unspecified atom stereocenters. The fourth-order valence-electron chi connectivity index (χ4n) is 5.79. The highest BCUT2D eigenvalue weighted by Crippen LogP contribution is 2.44. The van der Waals surface area contributed by atoms with E-state index in [1.807, 2.05) is 48.2 Å². The standard InChI is InChI=1S/C28H29FN6O3S/c1-33(2)27-32-23(24(39-27)17-7-6-8-18(29)13-17)25(36)35-19-12-11-16(14-19)22(35)15-30-28(37)38-26-31-20-9-4-5-10-21(20)34(26)3/h4-10,13,16,19,22H,11-12,14-15H2,1-3H3,(H,30,37)/t16-,19+,22+/m0/s1. The van der Waals surface area contributed by atoms with Crippen LogP contribution in [-0.4, -0.2) is 64.2 Å². The number of anilines is 1. The van der Waals surface area contributed by atoms with E-state index in [0.29, 0.717) is 21.3 Å². The zero-order valence-electron chi connectivity index (χ0n) is 21.9. The summed E-state index contributed by atoms with van der Waals surface area (Å²) in [5.41, 5.74) is 2.53. The Kier molecular flexibility index (Phi) is 6.46. The number of fused-ring (bicyclic) bond motifs is 3. The maximum absolute atomic E-state index is 14.1. The monoisotopic (exact) mass is 548 g/mol. The van der Waals surface area contributed by atoms with Crippen molar-refractivity contribution in [2.75, 3.05) is 25.5 Å². The maximum Gasteiger partial charge on any atom is 0.415 e. The fraction of sp³-hybridized carbons (Fsp3) is 0.357. The van der Waals surface area contributed by atoms with Gasteiger partial charge in [-0.15, -0.1) is 0 Å². The molecule has 2 aliphatic rings. The van der Waals surface area contributed by atoms with Gasteiger partial charge in [0.15, 0.2) is 5.13 Å². The molecule has 6 rings (SSSR count). The molecular formula is C28H29FN6O3S. The molecule has 1 aliphatic carbocycles. The van der Waals surface area contributed by atoms with Crippen LogP contribution in [0.4, 0.5) is 14.3 Å². The van der Waals surface area contributed by atoms with Crippen molar-refractivity contribution in [3.05, 3.63) is 60.0 Å². The van der Waals surface area contributed by atoms with Gasteiger partial charge in [-0.25, -0.2) is 14.2 Å². The quantitative estimate of drug-likeness (QED) is 0.376. The molecular weight excluding hydrogens is 519 g/mol. The number of hydrogen-bond donors (Lipinski definition) is 1. The van der Waals surface area contributed by atoms with E-state index in [1.54, 1.807) is 23.7 Å². The molecule has 9 nitrogen and oxygen atoms in total. The van der Waals surface area contributed by atoms with E-state index in [-0.39, 0.29) is 42.3 Å². The largest absolute Gasteiger partial charge is 0.415 e. The Hall–Kier alpha value is -3.99. The molecule has 2 amide bonds. The molecule has 3 atom stereocenters. The van der Waals surface area contributed by atoms with Crippen molar-refractivity contribution in [2.45, 2.75) is 31.3 Å². The van der Waals surface area contributed by atoms with Crippen LogP contribution >= 0.6 is 11.3 Å². The van der Waals surface area contributed by atoms with E-state index < -0.39 is 6.09 Å². The summed E-state index contributed by atoms with van der Waals surface area (Å²) in [6.07, 6.45) is 2.18. The van der Waals surface area contributed by atoms with Crippen molar-refractivity contribution in [1.29, 1.82) is 0 Å². The second kappa shape index (κ2) is 9.96. The minimum Gasteiger partial charge on any atom is -0.375 e. The molecule has 1 saturated carbocycles. The molecule has 2 bridgehead atoms. The number of para-hydroxylation sites is 2. The third-order valence-electron chi connectivity index (χ3n) is 7.65. The zero-order valence-corrected chi connectivity index (χ0v) is 22.7. The average Bonchev–Trinajstić information content (AvgIpc) is 3.70. The van der Waals surface area contributed by atoms with Crippen LogP contribution in [0.15, 0.2) is 48.5 Å². The lowest BCUT2D eigenvalue weighted by molar-refractivity contribution is 0.0585. The topological polar surface area (TPSA) is 92.6 Å². The highest BCUT2D eigenvalue weighted by molar-refractivity contribution is 7.19. The van der Waals surface area contributed by atoms with Crippen LogP contribution in [0.3, 0.4) is 0 Å². The molecule has 202 valence electrons. The number of ether oxygens (including phenoxy) is 1. The summed E-state index contributed by atoms with van der Waals surface area (Å²) in [7, 11) is 5.52. The summed E-state index contributed by atoms with van der Waals surface area (Å²) in [4.78, 5) is 40.2. The van der Waals surface area contributed by atoms with Crippen molar-refractivity contribution in [2.24, 2.45) is 13.0 Å². The van der Waals surface area contributed by atoms with Gasteiger partial charge in [-0.1, -0.05) is 35.6 Å². The number of likely N-dealkylation sites (tertiary alicyclic amines) is 1. The van der Waals surface area contributed by atoms with Gasteiger partial charge in [0.1, 0.15) is 11.5 Å². The van der Waals surface area contributed by atoms with Crippen LogP contribution in [0.1, 0.15) is 29.8 Å². The molecule has 2 aromatic carbocycles. The van der Waals surface area contributed by atoms with Gasteiger partial charge in [0.25, 0.3) is 5.91 Å². The first-order valence-electron chi connectivity index (χ1n) is 12.9. The molecule has 0 radical (unpaired) electrons. The number of carbonyl (C=O) groups excluding carboxylic acids is 2. The predicted molar refractivity (Wildman–Crippen MR) is 148 cm³/mol. The number of halogens is 1. The number of benzene rings is 2. The van der Waals surface area contributed by atoms with Gasteiger partial charge >= 0.3 is 12.1 Å². The number of nitrogens with zero attached hydrogens (tertiary/aromatic N) is 5. The predicted octanol–water partition coefficient (Wildman–Crippen LogP) is 4.68. The lowest BCUT2D eigenvalue weighted by Gasteiger charge is -2.35. The fourth-order valence-corrected chi connectivity index (χ4v) is 6.76. The van der Waals surface area contributed by atoms with E-state index in [4.69, 9.17) is 4.74 Å². The summed E-state index contributed by atoms with van der Waals surface area (Å²) in [5, 5.41) is 3.53. The van der Waals surface area contributed by atoms with Gasteiger partial charge in [0, 0.05) is 33.7 Å². The molecule has 2 aromatic heterocycles. The molecule has 2 fully saturated rings. The van der Waals surface area contributed by atoms with Crippen LogP contribution < -0.4 is 15.0 Å². The molecule has 4 aromatic rings. The van der Waals surface area contributed by atoms with Crippen molar-refractivity contribution < 1.29 is 18.7 Å². The van der Waals surface area contributed by atoms with Crippen LogP contribution in [0.25, 0.3) is 21.5 Å². The number of piperidine rings is 1. The Labute approximate surface area is 229 Å². The number of thiazole rings is 1. The van der Waals surface area contributed by atoms with E-state index in [0.717, 1.165) is 30.3 Å². The SMILES string of the molecule is CN(C)c1nc(C(=O)N2[C@@H]3CC[C@@H](C3)[C@H]2CNC(=O)Oc2nc3ccccc3n2C)c(-c2cccc(F)c2)s1. The number of hydrogen-bond acceptors (Lipinski definition) is 7. The molecule has 39 heavy (non-hydrogen) atoms. The first kappa shape index (κ1) is 25.3. The van der Waals surface area contributed by atoms with Crippen molar-refractivity contribution in [1.82, 2.24) is 24.8 Å². The number of amides is 2. The molecule has 1 aliphatic heterocycles. The Balaban J connectivity index is 1.22. The van der Waals surface area contributed by atoms with Gasteiger partial charge in [-0.05, 0) is 55.0 Å². The second-order valence-corrected chi connectivity index (χ2v) is 11.3. The average molecular weight is 549 g/mol. The van der Waals surface area contributed by atoms with Crippen molar-refractivity contribution in [3.63, 3.8) is 0 Å². The van der Waals surface area contributed by atoms with E-state index >= 15 is 0 Å². The number of nitrogens with one attached hydrogen (secondary N) is 1. The van der Waals surface area contributed by atoms with Crippen LogP contribution in [0.2, 0.25) is 0 Å². The van der Waals surface area contributed by atoms with E-state index in [9.17, 15) is 14.0 Å². The van der Waals surface area contributed by atoms with Crippen molar-refractivity contribution >= 4 is 39.5 Å². The molecule has 1 N–H and O–H groups in total. The third kappa shape index (κ3) is 4.60. The smallest absolute Gasteiger partial charge is 0.375 e. The highest BCUT2D eigenvalue weighted by Gasteiger charge is 2.49. The van der Waals surface area contributed by atoms with Crippen molar-refractivity contribution in [3.8, 4) is 16.5 Å². The summed E-state index contributed by atoms with van der Waals surface area (Å²) in [5.74, 6) is -0.284. The lowest BCUT2D eigenvalue weighted by Crippen LogP contribution is -2.50. The summed E-state index contributed by atoms with van der Waals surface area (Å²) >= 11 is 1.36. The molecule has 1 saturated heterocycles.